The Bertz CT molecular complexity index is 128. The highest BCUT2D eigenvalue weighted by Gasteiger charge is 2.09. The normalized spacial score (nSPS) is 9.91. The zero-order valence-electron chi connectivity index (χ0n) is 7.13. The van der Waals surface area contributed by atoms with Crippen LogP contribution in [0.15, 0.2) is 0 Å². The van der Waals surface area contributed by atoms with Gasteiger partial charge in [0.15, 0.2) is 0 Å². The molecule has 0 aliphatic rings. The molecule has 0 saturated heterocycles. The lowest BCUT2D eigenvalue weighted by atomic mass is 10.5. The summed E-state index contributed by atoms with van der Waals surface area (Å²) in [6.45, 7) is 4.14. The standard InChI is InChI=1S/C7H14ClNO2/c1-6(2)11-7(10)9(3)5-4-8/h6H,4-5H2,1-3H3. The molecule has 0 rings (SSSR count). The largest absolute Gasteiger partial charge is 0.447 e. The molecule has 0 atom stereocenters. The van der Waals surface area contributed by atoms with E-state index in [-0.39, 0.29) is 12.2 Å². The molecule has 0 saturated carbocycles. The van der Waals surface area contributed by atoms with Crippen LogP contribution >= 0.6 is 11.6 Å². The molecule has 0 aromatic heterocycles. The second kappa shape index (κ2) is 5.24. The SMILES string of the molecule is CC(C)OC(=O)N(C)CCCl. The molecule has 66 valence electrons. The summed E-state index contributed by atoms with van der Waals surface area (Å²) in [5.74, 6) is 0.434. The Kier molecular flexibility index (Phi) is 5.03. The van der Waals surface area contributed by atoms with Crippen molar-refractivity contribution >= 4 is 17.7 Å². The van der Waals surface area contributed by atoms with Gasteiger partial charge in [-0.25, -0.2) is 4.79 Å². The molecule has 4 heteroatoms. The third kappa shape index (κ3) is 4.90. The average molecular weight is 180 g/mol. The Labute approximate surface area is 72.3 Å². The Morgan fingerprint density at radius 1 is 1.64 bits per heavy atom. The van der Waals surface area contributed by atoms with Gasteiger partial charge in [-0.05, 0) is 13.8 Å². The Balaban J connectivity index is 3.64. The van der Waals surface area contributed by atoms with E-state index in [1.54, 1.807) is 7.05 Å². The van der Waals surface area contributed by atoms with Crippen molar-refractivity contribution < 1.29 is 9.53 Å². The molecule has 0 spiro atoms. The summed E-state index contributed by atoms with van der Waals surface area (Å²) in [5.41, 5.74) is 0. The molecule has 1 amide bonds. The third-order valence-corrected chi connectivity index (χ3v) is 1.24. The molecule has 0 aromatic carbocycles. The molecule has 0 N–H and O–H groups in total. The van der Waals surface area contributed by atoms with Crippen molar-refractivity contribution in [2.75, 3.05) is 19.5 Å². The number of halogens is 1. The highest BCUT2D eigenvalue weighted by atomic mass is 35.5. The summed E-state index contributed by atoms with van der Waals surface area (Å²) >= 11 is 5.43. The van der Waals surface area contributed by atoms with E-state index >= 15 is 0 Å². The van der Waals surface area contributed by atoms with E-state index in [0.29, 0.717) is 12.4 Å². The Morgan fingerprint density at radius 3 is 2.55 bits per heavy atom. The molecule has 0 heterocycles. The number of rotatable bonds is 3. The number of amides is 1. The number of ether oxygens (including phenoxy) is 1. The number of alkyl halides is 1. The van der Waals surface area contributed by atoms with Gasteiger partial charge in [0, 0.05) is 19.5 Å². The summed E-state index contributed by atoms with van der Waals surface area (Å²) < 4.78 is 4.89. The van der Waals surface area contributed by atoms with Gasteiger partial charge in [-0.3, -0.25) is 0 Å². The predicted octanol–water partition coefficient (Wildman–Crippen LogP) is 1.70. The maximum atomic E-state index is 11.0. The molecule has 0 unspecified atom stereocenters. The van der Waals surface area contributed by atoms with E-state index in [2.05, 4.69) is 0 Å². The second-order valence-electron chi connectivity index (χ2n) is 2.54. The van der Waals surface area contributed by atoms with Crippen molar-refractivity contribution in [2.24, 2.45) is 0 Å². The quantitative estimate of drug-likeness (QED) is 0.618. The lowest BCUT2D eigenvalue weighted by molar-refractivity contribution is 0.0857. The van der Waals surface area contributed by atoms with E-state index in [0.717, 1.165) is 0 Å². The van der Waals surface area contributed by atoms with Crippen LogP contribution in [0.2, 0.25) is 0 Å². The van der Waals surface area contributed by atoms with E-state index in [9.17, 15) is 4.79 Å². The zero-order valence-corrected chi connectivity index (χ0v) is 7.89. The molecule has 0 aliphatic heterocycles. The molecule has 0 aromatic rings. The van der Waals surface area contributed by atoms with Gasteiger partial charge in [-0.1, -0.05) is 0 Å². The third-order valence-electron chi connectivity index (χ3n) is 1.07. The van der Waals surface area contributed by atoms with Crippen molar-refractivity contribution in [2.45, 2.75) is 20.0 Å². The smallest absolute Gasteiger partial charge is 0.409 e. The Hall–Kier alpha value is -0.440. The fourth-order valence-electron chi connectivity index (χ4n) is 0.510. The van der Waals surface area contributed by atoms with Crippen LogP contribution in [0.4, 0.5) is 4.79 Å². The fraction of sp³-hybridized carbons (Fsp3) is 0.857. The maximum absolute atomic E-state index is 11.0. The highest BCUT2D eigenvalue weighted by Crippen LogP contribution is 1.95. The van der Waals surface area contributed by atoms with Crippen molar-refractivity contribution in [1.82, 2.24) is 4.90 Å². The van der Waals surface area contributed by atoms with Gasteiger partial charge in [0.1, 0.15) is 0 Å². The second-order valence-corrected chi connectivity index (χ2v) is 2.92. The van der Waals surface area contributed by atoms with Crippen molar-refractivity contribution in [3.05, 3.63) is 0 Å². The lowest BCUT2D eigenvalue weighted by Gasteiger charge is -2.16. The zero-order chi connectivity index (χ0) is 8.85. The fourth-order valence-corrected chi connectivity index (χ4v) is 0.763. The number of carbonyl (C=O) groups is 1. The van der Waals surface area contributed by atoms with Crippen LogP contribution in [0, 0.1) is 0 Å². The number of hydrogen-bond donors (Lipinski definition) is 0. The summed E-state index contributed by atoms with van der Waals surface area (Å²) in [7, 11) is 1.66. The molecular weight excluding hydrogens is 166 g/mol. The topological polar surface area (TPSA) is 29.5 Å². The van der Waals surface area contributed by atoms with E-state index in [4.69, 9.17) is 16.3 Å². The van der Waals surface area contributed by atoms with Gasteiger partial charge >= 0.3 is 6.09 Å². The van der Waals surface area contributed by atoms with Gasteiger partial charge in [-0.2, -0.15) is 0 Å². The molecular formula is C7H14ClNO2. The monoisotopic (exact) mass is 179 g/mol. The summed E-state index contributed by atoms with van der Waals surface area (Å²) in [5, 5.41) is 0. The molecule has 0 bridgehead atoms. The molecule has 0 aliphatic carbocycles. The summed E-state index contributed by atoms with van der Waals surface area (Å²) in [6.07, 6.45) is -0.388. The van der Waals surface area contributed by atoms with Crippen molar-refractivity contribution in [1.29, 1.82) is 0 Å². The molecule has 0 radical (unpaired) electrons. The minimum Gasteiger partial charge on any atom is -0.447 e. The van der Waals surface area contributed by atoms with Gasteiger partial charge in [-0.15, -0.1) is 11.6 Å². The first-order valence-electron chi connectivity index (χ1n) is 3.55. The molecule has 3 nitrogen and oxygen atoms in total. The van der Waals surface area contributed by atoms with Crippen LogP contribution in [0.25, 0.3) is 0 Å². The molecule has 0 fully saturated rings. The van der Waals surface area contributed by atoms with E-state index in [1.165, 1.54) is 4.90 Å². The lowest BCUT2D eigenvalue weighted by Crippen LogP contribution is -2.30. The van der Waals surface area contributed by atoms with Crippen LogP contribution in [-0.2, 0) is 4.74 Å². The van der Waals surface area contributed by atoms with Gasteiger partial charge in [0.05, 0.1) is 6.10 Å². The highest BCUT2D eigenvalue weighted by molar-refractivity contribution is 6.18. The van der Waals surface area contributed by atoms with Crippen molar-refractivity contribution in [3.63, 3.8) is 0 Å². The van der Waals surface area contributed by atoms with Gasteiger partial charge in [0.25, 0.3) is 0 Å². The van der Waals surface area contributed by atoms with Gasteiger partial charge in [0.2, 0.25) is 0 Å². The van der Waals surface area contributed by atoms with Crippen LogP contribution in [0.3, 0.4) is 0 Å². The summed E-state index contributed by atoms with van der Waals surface area (Å²) in [6, 6.07) is 0. The van der Waals surface area contributed by atoms with E-state index < -0.39 is 0 Å². The minimum atomic E-state index is -0.319. The van der Waals surface area contributed by atoms with Crippen LogP contribution in [0.1, 0.15) is 13.8 Å². The maximum Gasteiger partial charge on any atom is 0.409 e. The predicted molar refractivity (Wildman–Crippen MR) is 45.0 cm³/mol. The van der Waals surface area contributed by atoms with E-state index in [1.807, 2.05) is 13.8 Å². The van der Waals surface area contributed by atoms with Crippen molar-refractivity contribution in [3.8, 4) is 0 Å². The van der Waals surface area contributed by atoms with Crippen LogP contribution in [-0.4, -0.2) is 36.6 Å². The minimum absolute atomic E-state index is 0.0692. The number of carbonyl (C=O) groups excluding carboxylic acids is 1. The first-order chi connectivity index (χ1) is 5.07. The number of nitrogens with zero attached hydrogens (tertiary/aromatic N) is 1. The van der Waals surface area contributed by atoms with Crippen LogP contribution in [0.5, 0.6) is 0 Å². The van der Waals surface area contributed by atoms with Crippen LogP contribution < -0.4 is 0 Å². The average Bonchev–Trinajstić information content (AvgIpc) is 1.86. The first kappa shape index (κ1) is 10.6. The van der Waals surface area contributed by atoms with Gasteiger partial charge < -0.3 is 9.64 Å². The Morgan fingerprint density at radius 2 is 2.18 bits per heavy atom. The summed E-state index contributed by atoms with van der Waals surface area (Å²) in [4.78, 5) is 12.4. The first-order valence-corrected chi connectivity index (χ1v) is 4.09. The molecule has 11 heavy (non-hydrogen) atoms. The number of hydrogen-bond acceptors (Lipinski definition) is 2.